The van der Waals surface area contributed by atoms with Crippen LogP contribution in [0.3, 0.4) is 0 Å². The van der Waals surface area contributed by atoms with Crippen molar-refractivity contribution in [3.05, 3.63) is 424 Å². The minimum Gasteiger partial charge on any atom is -0.490 e. The highest BCUT2D eigenvalue weighted by Crippen LogP contribution is 2.43. The minimum absolute atomic E-state index is 0.0413. The summed E-state index contributed by atoms with van der Waals surface area (Å²) in [4.78, 5) is 59.3. The molecule has 0 aliphatic rings. The summed E-state index contributed by atoms with van der Waals surface area (Å²) in [5.74, 6) is 4.23. The molecule has 14 rings (SSSR count). The summed E-state index contributed by atoms with van der Waals surface area (Å²) in [7, 11) is 0. The van der Waals surface area contributed by atoms with Gasteiger partial charge in [-0.25, -0.2) is 0 Å². The van der Waals surface area contributed by atoms with Crippen molar-refractivity contribution in [1.29, 1.82) is 0 Å². The number of ketones is 4. The number of carbonyl (C=O) groups is 4. The molecule has 9 heteroatoms. The van der Waals surface area contributed by atoms with Crippen LogP contribution < -0.4 is 24.3 Å². The molecule has 742 valence electrons. The molecule has 0 aromatic heterocycles. The summed E-state index contributed by atoms with van der Waals surface area (Å²) >= 11 is 0. The largest absolute Gasteiger partial charge is 0.490 e. The van der Waals surface area contributed by atoms with E-state index in [-0.39, 0.29) is 39.4 Å². The summed E-state index contributed by atoms with van der Waals surface area (Å²) in [6, 6.07) is 122. The topological polar surface area (TPSA) is 90.5 Å². The summed E-state index contributed by atoms with van der Waals surface area (Å²) in [5, 5.41) is 0. The smallest absolute Gasteiger partial charge is 0.193 e. The zero-order chi connectivity index (χ0) is 103. The van der Waals surface area contributed by atoms with Gasteiger partial charge >= 0.3 is 0 Å². The minimum atomic E-state index is 0.0413. The van der Waals surface area contributed by atoms with E-state index in [0.717, 1.165) is 125 Å². The zero-order valence-corrected chi connectivity index (χ0v) is 89.8. The Balaban J connectivity index is 0.000000186. The predicted molar refractivity (Wildman–Crippen MR) is 609 cm³/mol. The number of carbonyl (C=O) groups excluding carboxylic acids is 4. The summed E-state index contributed by atoms with van der Waals surface area (Å²) in [6.07, 6.45) is 11.4. The lowest BCUT2D eigenvalue weighted by Crippen LogP contribution is -2.14. The second kappa shape index (κ2) is 53.6. The number of rotatable bonds is 36. The lowest BCUT2D eigenvalue weighted by Gasteiger charge is -2.28. The Morgan fingerprint density at radius 3 is 0.627 bits per heavy atom. The Labute approximate surface area is 854 Å². The van der Waals surface area contributed by atoms with E-state index in [1.165, 1.54) is 68.0 Å². The highest BCUT2D eigenvalue weighted by atomic mass is 16.5. The molecule has 0 saturated carbocycles. The van der Waals surface area contributed by atoms with Gasteiger partial charge < -0.3 is 24.3 Å². The maximum absolute atomic E-state index is 13.1. The van der Waals surface area contributed by atoms with E-state index in [9.17, 15) is 19.2 Å². The van der Waals surface area contributed by atoms with E-state index in [2.05, 4.69) is 392 Å². The average Bonchev–Trinajstić information content (AvgIpc) is 0.835. The number of unbranched alkanes of at least 4 members (excludes halogenated alkanes) is 3. The van der Waals surface area contributed by atoms with Crippen LogP contribution in [0.1, 0.15) is 364 Å². The molecule has 142 heavy (non-hydrogen) atoms. The highest BCUT2D eigenvalue weighted by molar-refractivity contribution is 6.09. The van der Waals surface area contributed by atoms with Gasteiger partial charge in [0, 0.05) is 115 Å². The van der Waals surface area contributed by atoms with Crippen LogP contribution in [0.4, 0.5) is 68.2 Å². The molecule has 9 nitrogen and oxygen atoms in total. The molecule has 0 bridgehead atoms. The first-order valence-corrected chi connectivity index (χ1v) is 52.2. The number of hydrogen-bond donors (Lipinski definition) is 0. The fourth-order valence-electron chi connectivity index (χ4n) is 16.9. The first-order chi connectivity index (χ1) is 67.9. The molecular formula is C133H160N4O5. The standard InChI is InChI=1S/C32H33NO.C31H37NO2.C29H37N.C26H29NO.C15H24O/c1-23(2)24-13-19-29(20-14-24)33(28-9-7-6-8-10-28)30-21-15-26(16-22-30)31(34)25-11-17-27(18-12-25)32(3,4)5;1-5-7-9-30(33)25-13-19-28(20-14-25)32(27-17-11-24(12-18-27)23(3)4)29-21-15-26(16-22-29)31(34)10-8-6-2;1-21(2)22-9-15-25(16-10-22)30(26-17-11-23(12-18-26)28(3,4)5)27-19-13-24(14-20-27)29(6,7)8;1-4-5-11-26(28)22-14-18-25(19-15-22)27(23-9-7-6-8-10-23)24-16-12-21(13-17-24)20(2)3;1-5-7-14(6-2)16-15-10-8-13(9-11-15)12(3)4/h6-23H,1-5H3;11-23H,5-10H2,1-4H3;9-21H,1-8H3;6-10,12-20H,4-5,11H2,1-3H3;8-12,14H,5-7H2,1-4H3. The van der Waals surface area contributed by atoms with Crippen LogP contribution in [-0.2, 0) is 16.2 Å². The van der Waals surface area contributed by atoms with Crippen molar-refractivity contribution >= 4 is 91.4 Å². The number of ether oxygens (including phenoxy) is 1. The van der Waals surface area contributed by atoms with Crippen molar-refractivity contribution in [2.45, 2.75) is 295 Å². The second-order valence-electron chi connectivity index (χ2n) is 42.2. The van der Waals surface area contributed by atoms with Gasteiger partial charge in [-0.1, -0.05) is 337 Å². The van der Waals surface area contributed by atoms with Gasteiger partial charge in [0.25, 0.3) is 0 Å². The van der Waals surface area contributed by atoms with Crippen molar-refractivity contribution in [2.75, 3.05) is 19.6 Å². The van der Waals surface area contributed by atoms with Gasteiger partial charge in [0.05, 0.1) is 6.10 Å². The fourth-order valence-corrected chi connectivity index (χ4v) is 16.9. The SMILES string of the molecule is CC(C)c1ccc(N(c2ccc(C(C)(C)C)cc2)c2ccc(C(C)(C)C)cc2)cc1.CC(C)c1ccc(N(c2ccccc2)c2ccc(C(=O)c3ccc(C(C)(C)C)cc3)cc2)cc1.CCCC(CC)Oc1ccc(C(C)C)cc1.CCCCC(=O)c1ccc(N(c2ccc(C(=O)CCCC)cc2)c2ccc(C(C)C)cc2)cc1.CCCCC(=O)c1ccc(N(c2ccccc2)c2ccc(C(C)C)cc2)cc1. The second-order valence-corrected chi connectivity index (χ2v) is 42.2. The van der Waals surface area contributed by atoms with Gasteiger partial charge in [-0.2, -0.15) is 0 Å². The molecule has 0 radical (unpaired) electrons. The van der Waals surface area contributed by atoms with Crippen LogP contribution in [0.2, 0.25) is 0 Å². The van der Waals surface area contributed by atoms with Crippen LogP contribution in [0, 0.1) is 0 Å². The van der Waals surface area contributed by atoms with E-state index in [1.807, 2.05) is 146 Å². The quantitative estimate of drug-likeness (QED) is 0.0356. The van der Waals surface area contributed by atoms with E-state index in [0.29, 0.717) is 66.1 Å². The fraction of sp³-hybridized carbons (Fsp3) is 0.338. The normalized spacial score (nSPS) is 11.6. The third-order valence-corrected chi connectivity index (χ3v) is 26.2. The van der Waals surface area contributed by atoms with Crippen molar-refractivity contribution in [3.63, 3.8) is 0 Å². The van der Waals surface area contributed by atoms with E-state index in [1.54, 1.807) is 0 Å². The number of anilines is 12. The average molecular weight is 1890 g/mol. The van der Waals surface area contributed by atoms with Crippen LogP contribution in [0.5, 0.6) is 5.75 Å². The first kappa shape index (κ1) is 111. The molecule has 0 amide bonds. The molecule has 14 aromatic rings. The number of benzene rings is 14. The Morgan fingerprint density at radius 1 is 0.232 bits per heavy atom. The third-order valence-electron chi connectivity index (χ3n) is 26.2. The maximum atomic E-state index is 13.1. The van der Waals surface area contributed by atoms with Gasteiger partial charge in [0.15, 0.2) is 23.1 Å². The Bertz CT molecular complexity index is 6010. The summed E-state index contributed by atoms with van der Waals surface area (Å²) < 4.78 is 5.94. The van der Waals surface area contributed by atoms with Crippen molar-refractivity contribution in [2.24, 2.45) is 0 Å². The lowest BCUT2D eigenvalue weighted by atomic mass is 9.86. The number of hydrogen-bond acceptors (Lipinski definition) is 9. The molecule has 0 N–H and O–H groups in total. The predicted octanol–water partition coefficient (Wildman–Crippen LogP) is 39.1. The van der Waals surface area contributed by atoms with Gasteiger partial charge in [-0.15, -0.1) is 0 Å². The number of Topliss-reactive ketones (excluding diaryl/α,β-unsaturated/α-hetero) is 3. The van der Waals surface area contributed by atoms with Crippen LogP contribution >= 0.6 is 0 Å². The highest BCUT2D eigenvalue weighted by Gasteiger charge is 2.24. The van der Waals surface area contributed by atoms with Crippen LogP contribution in [-0.4, -0.2) is 29.2 Å². The van der Waals surface area contributed by atoms with Gasteiger partial charge in [-0.3, -0.25) is 19.2 Å². The van der Waals surface area contributed by atoms with Gasteiger partial charge in [-0.05, 0) is 329 Å². The Hall–Kier alpha value is -13.2. The molecule has 0 spiro atoms. The van der Waals surface area contributed by atoms with Gasteiger partial charge in [0.1, 0.15) is 5.75 Å². The summed E-state index contributed by atoms with van der Waals surface area (Å²) in [5.41, 5.74) is 27.7. The molecule has 0 heterocycles. The van der Waals surface area contributed by atoms with Crippen molar-refractivity contribution in [1.82, 2.24) is 0 Å². The number of para-hydroxylation sites is 2. The number of nitrogens with zero attached hydrogens (tertiary/aromatic N) is 4. The Kier molecular flexibility index (Phi) is 41.8. The molecule has 0 saturated heterocycles. The van der Waals surface area contributed by atoms with Crippen LogP contribution in [0.25, 0.3) is 0 Å². The van der Waals surface area contributed by atoms with Gasteiger partial charge in [0.2, 0.25) is 0 Å². The summed E-state index contributed by atoms with van der Waals surface area (Å²) in [6.45, 7) is 52.9. The molecule has 0 fully saturated rings. The Morgan fingerprint density at radius 2 is 0.423 bits per heavy atom. The maximum Gasteiger partial charge on any atom is 0.193 e. The van der Waals surface area contributed by atoms with E-state index >= 15 is 0 Å². The van der Waals surface area contributed by atoms with Crippen molar-refractivity contribution < 1.29 is 23.9 Å². The molecular weight excluding hydrogens is 1730 g/mol. The lowest BCUT2D eigenvalue weighted by molar-refractivity contribution is 0.0972. The van der Waals surface area contributed by atoms with Crippen LogP contribution in [0.15, 0.2) is 352 Å². The molecule has 1 unspecified atom stereocenters. The monoisotopic (exact) mass is 1890 g/mol. The first-order valence-electron chi connectivity index (χ1n) is 52.2. The van der Waals surface area contributed by atoms with E-state index in [4.69, 9.17) is 4.74 Å². The zero-order valence-electron chi connectivity index (χ0n) is 89.8. The molecule has 0 aliphatic heterocycles. The van der Waals surface area contributed by atoms with Crippen molar-refractivity contribution in [3.8, 4) is 5.75 Å². The van der Waals surface area contributed by atoms with E-state index < -0.39 is 0 Å². The molecule has 1 atom stereocenters. The molecule has 14 aromatic carbocycles. The molecule has 0 aliphatic carbocycles. The third kappa shape index (κ3) is 32.1.